The lowest BCUT2D eigenvalue weighted by Crippen LogP contribution is -2.46. The van der Waals surface area contributed by atoms with Gasteiger partial charge in [0.05, 0.1) is 0 Å². The summed E-state index contributed by atoms with van der Waals surface area (Å²) in [5.41, 5.74) is 6.72. The predicted molar refractivity (Wildman–Crippen MR) is 106 cm³/mol. The molecule has 4 unspecified atom stereocenters. The third-order valence-corrected chi connectivity index (χ3v) is 7.69. The highest BCUT2D eigenvalue weighted by Crippen LogP contribution is 2.74. The Morgan fingerprint density at radius 3 is 2.48 bits per heavy atom. The summed E-state index contributed by atoms with van der Waals surface area (Å²) in [5, 5.41) is 0. The van der Waals surface area contributed by atoms with Gasteiger partial charge in [-0.3, -0.25) is 0 Å². The van der Waals surface area contributed by atoms with Gasteiger partial charge in [0.1, 0.15) is 0 Å². The van der Waals surface area contributed by atoms with Crippen LogP contribution in [0.3, 0.4) is 0 Å². The molecule has 1 saturated carbocycles. The minimum Gasteiger partial charge on any atom is -0.0773 e. The smallest absolute Gasteiger partial charge is 0.0216 e. The first-order valence-corrected chi connectivity index (χ1v) is 9.71. The molecule has 0 aliphatic heterocycles. The monoisotopic (exact) mass is 328 g/mol. The summed E-state index contributed by atoms with van der Waals surface area (Å²) in [6, 6.07) is 0. The van der Waals surface area contributed by atoms with E-state index >= 15 is 0 Å². The van der Waals surface area contributed by atoms with E-state index in [1.165, 1.54) is 5.57 Å². The van der Waals surface area contributed by atoms with Crippen molar-refractivity contribution in [1.82, 2.24) is 0 Å². The zero-order valence-corrected chi connectivity index (χ0v) is 16.0. The molecule has 0 bridgehead atoms. The second-order valence-electron chi connectivity index (χ2n) is 9.62. The SMILES string of the molecule is CC1C2=CC=CC=CC2C23C4=C(C=CC(C)(C)C4=CC12)C=CC3(C)C. The van der Waals surface area contributed by atoms with Gasteiger partial charge in [-0.05, 0) is 34.0 Å². The van der Waals surface area contributed by atoms with Crippen molar-refractivity contribution in [3.63, 3.8) is 0 Å². The zero-order chi connectivity index (χ0) is 17.6. The summed E-state index contributed by atoms with van der Waals surface area (Å²) in [4.78, 5) is 0. The van der Waals surface area contributed by atoms with E-state index in [-0.39, 0.29) is 16.2 Å². The molecule has 1 fully saturated rings. The van der Waals surface area contributed by atoms with E-state index in [0.29, 0.717) is 17.8 Å². The van der Waals surface area contributed by atoms with E-state index in [2.05, 4.69) is 95.4 Å². The zero-order valence-electron chi connectivity index (χ0n) is 16.0. The van der Waals surface area contributed by atoms with Crippen LogP contribution in [0.1, 0.15) is 34.6 Å². The van der Waals surface area contributed by atoms with Gasteiger partial charge in [-0.15, -0.1) is 0 Å². The van der Waals surface area contributed by atoms with E-state index in [0.717, 1.165) is 0 Å². The molecule has 4 atom stereocenters. The van der Waals surface area contributed by atoms with E-state index in [1.807, 2.05) is 0 Å². The van der Waals surface area contributed by atoms with Crippen molar-refractivity contribution < 1.29 is 0 Å². The molecule has 0 aromatic rings. The number of fused-ring (bicyclic) bond motifs is 1. The molecule has 0 N–H and O–H groups in total. The van der Waals surface area contributed by atoms with E-state index < -0.39 is 0 Å². The molecule has 0 aromatic heterocycles. The van der Waals surface area contributed by atoms with Gasteiger partial charge < -0.3 is 0 Å². The minimum atomic E-state index is 0.133. The van der Waals surface area contributed by atoms with Crippen LogP contribution in [0.15, 0.2) is 83.1 Å². The van der Waals surface area contributed by atoms with Crippen molar-refractivity contribution in [1.29, 1.82) is 0 Å². The Morgan fingerprint density at radius 1 is 0.920 bits per heavy atom. The highest BCUT2D eigenvalue weighted by atomic mass is 14.7. The summed E-state index contributed by atoms with van der Waals surface area (Å²) < 4.78 is 0. The maximum atomic E-state index is 2.66. The van der Waals surface area contributed by atoms with Gasteiger partial charge in [-0.2, -0.15) is 0 Å². The van der Waals surface area contributed by atoms with Crippen molar-refractivity contribution in [3.8, 4) is 0 Å². The van der Waals surface area contributed by atoms with Crippen molar-refractivity contribution in [2.75, 3.05) is 0 Å². The van der Waals surface area contributed by atoms with Crippen LogP contribution in [0.2, 0.25) is 0 Å². The lowest BCUT2D eigenvalue weighted by molar-refractivity contribution is 0.101. The van der Waals surface area contributed by atoms with Crippen LogP contribution in [0.5, 0.6) is 0 Å². The standard InChI is InChI=1S/C25H28/c1-16-18-9-7-6-8-10-19(18)25-20(16)15-21-22(25)17(11-13-23(21,2)3)12-14-24(25,4)5/h6-16,19-20H,1-5H3. The van der Waals surface area contributed by atoms with E-state index in [9.17, 15) is 0 Å². The van der Waals surface area contributed by atoms with Crippen LogP contribution >= 0.6 is 0 Å². The summed E-state index contributed by atoms with van der Waals surface area (Å²) in [6.45, 7) is 12.1. The molecular weight excluding hydrogens is 300 g/mol. The third kappa shape index (κ3) is 1.60. The number of rotatable bonds is 0. The van der Waals surface area contributed by atoms with Crippen LogP contribution in [0.4, 0.5) is 0 Å². The summed E-state index contributed by atoms with van der Waals surface area (Å²) in [5.74, 6) is 1.66. The maximum Gasteiger partial charge on any atom is 0.0216 e. The Hall–Kier alpha value is -1.82. The van der Waals surface area contributed by atoms with Gasteiger partial charge in [0.15, 0.2) is 0 Å². The Balaban J connectivity index is 1.87. The van der Waals surface area contributed by atoms with Crippen molar-refractivity contribution in [2.24, 2.45) is 34.0 Å². The van der Waals surface area contributed by atoms with E-state index in [1.54, 1.807) is 16.7 Å². The van der Waals surface area contributed by atoms with Gasteiger partial charge in [-0.25, -0.2) is 0 Å². The van der Waals surface area contributed by atoms with E-state index in [4.69, 9.17) is 0 Å². The first-order chi connectivity index (χ1) is 11.8. The fourth-order valence-electron chi connectivity index (χ4n) is 6.49. The van der Waals surface area contributed by atoms with Crippen LogP contribution in [0, 0.1) is 34.0 Å². The second-order valence-corrected chi connectivity index (χ2v) is 9.62. The molecule has 128 valence electrons. The average molecular weight is 328 g/mol. The lowest BCUT2D eigenvalue weighted by Gasteiger charge is -2.52. The van der Waals surface area contributed by atoms with Crippen LogP contribution in [0.25, 0.3) is 0 Å². The Morgan fingerprint density at radius 2 is 1.68 bits per heavy atom. The van der Waals surface area contributed by atoms with Gasteiger partial charge in [0, 0.05) is 16.7 Å². The van der Waals surface area contributed by atoms with Crippen molar-refractivity contribution in [2.45, 2.75) is 34.6 Å². The number of hydrogen-bond donors (Lipinski definition) is 0. The first kappa shape index (κ1) is 15.4. The molecular formula is C25H28. The highest BCUT2D eigenvalue weighted by Gasteiger charge is 2.67. The molecule has 0 heterocycles. The Bertz CT molecular complexity index is 871. The maximum absolute atomic E-state index is 2.66. The van der Waals surface area contributed by atoms with Gasteiger partial charge >= 0.3 is 0 Å². The minimum absolute atomic E-state index is 0.133. The molecule has 0 amide bonds. The number of allylic oxidation sites excluding steroid dienone is 14. The van der Waals surface area contributed by atoms with Gasteiger partial charge in [-0.1, -0.05) is 101 Å². The largest absolute Gasteiger partial charge is 0.0773 e. The summed E-state index contributed by atoms with van der Waals surface area (Å²) in [6.07, 6.45) is 23.9. The number of hydrogen-bond acceptors (Lipinski definition) is 0. The molecule has 1 spiro atoms. The predicted octanol–water partition coefficient (Wildman–Crippen LogP) is 6.34. The third-order valence-electron chi connectivity index (χ3n) is 7.69. The Labute approximate surface area is 152 Å². The molecule has 0 heteroatoms. The fraction of sp³-hybridized carbons (Fsp3) is 0.440. The van der Waals surface area contributed by atoms with Crippen LogP contribution in [-0.2, 0) is 0 Å². The highest BCUT2D eigenvalue weighted by molar-refractivity contribution is 5.67. The molecule has 5 rings (SSSR count). The lowest BCUT2D eigenvalue weighted by atomic mass is 9.50. The normalized spacial score (nSPS) is 41.1. The first-order valence-electron chi connectivity index (χ1n) is 9.71. The van der Waals surface area contributed by atoms with Crippen LogP contribution in [-0.4, -0.2) is 0 Å². The molecule has 0 saturated heterocycles. The molecule has 0 aromatic carbocycles. The van der Waals surface area contributed by atoms with Gasteiger partial charge in [0.25, 0.3) is 0 Å². The van der Waals surface area contributed by atoms with Crippen LogP contribution < -0.4 is 0 Å². The molecule has 0 nitrogen and oxygen atoms in total. The van der Waals surface area contributed by atoms with Crippen molar-refractivity contribution >= 4 is 0 Å². The van der Waals surface area contributed by atoms with Gasteiger partial charge in [0.2, 0.25) is 0 Å². The van der Waals surface area contributed by atoms with Crippen molar-refractivity contribution in [3.05, 3.63) is 83.1 Å². The topological polar surface area (TPSA) is 0 Å². The average Bonchev–Trinajstić information content (AvgIpc) is 2.89. The summed E-state index contributed by atoms with van der Waals surface area (Å²) in [7, 11) is 0. The Kier molecular flexibility index (Phi) is 2.76. The second kappa shape index (κ2) is 4.47. The molecule has 25 heavy (non-hydrogen) atoms. The molecule has 5 aliphatic carbocycles. The quantitative estimate of drug-likeness (QED) is 0.487. The fourth-order valence-corrected chi connectivity index (χ4v) is 6.49. The molecule has 5 aliphatic rings. The summed E-state index contributed by atoms with van der Waals surface area (Å²) >= 11 is 0. The molecule has 0 radical (unpaired) electrons.